The average molecular weight is 371 g/mol. The number of carbonyl (C=O) groups is 1. The fourth-order valence-electron chi connectivity index (χ4n) is 2.67. The van der Waals surface area contributed by atoms with Gasteiger partial charge >= 0.3 is 0 Å². The van der Waals surface area contributed by atoms with E-state index in [9.17, 15) is 4.79 Å². The summed E-state index contributed by atoms with van der Waals surface area (Å²) in [6, 6.07) is 5.42. The Morgan fingerprint density at radius 2 is 1.96 bits per heavy atom. The number of hydrogen-bond donors (Lipinski definition) is 0. The number of thiocarbonyl (C=S) groups is 1. The number of carbonyl (C=O) groups excluding carboxylic acids is 1. The lowest BCUT2D eigenvalue weighted by molar-refractivity contribution is -0.113. The van der Waals surface area contributed by atoms with Crippen molar-refractivity contribution in [3.63, 3.8) is 0 Å². The molecule has 1 aromatic heterocycles. The number of anilines is 1. The van der Waals surface area contributed by atoms with Crippen LogP contribution in [0.2, 0.25) is 0 Å². The molecule has 0 N–H and O–H groups in total. The summed E-state index contributed by atoms with van der Waals surface area (Å²) in [4.78, 5) is 23.0. The summed E-state index contributed by atoms with van der Waals surface area (Å²) in [7, 11) is 4.01. The third-order valence-corrected chi connectivity index (χ3v) is 5.12. The van der Waals surface area contributed by atoms with Gasteiger partial charge in [0.2, 0.25) is 0 Å². The molecule has 0 radical (unpaired) electrons. The summed E-state index contributed by atoms with van der Waals surface area (Å²) in [6.45, 7) is 2.04. The van der Waals surface area contributed by atoms with E-state index in [2.05, 4.69) is 14.8 Å². The molecule has 0 spiro atoms. The van der Waals surface area contributed by atoms with Gasteiger partial charge in [-0.2, -0.15) is 0 Å². The van der Waals surface area contributed by atoms with Crippen LogP contribution in [0.4, 0.5) is 5.82 Å². The summed E-state index contributed by atoms with van der Waals surface area (Å²) in [5, 5.41) is 0. The minimum atomic E-state index is -0.138. The van der Waals surface area contributed by atoms with Gasteiger partial charge in [0.15, 0.2) is 4.32 Å². The van der Waals surface area contributed by atoms with Crippen molar-refractivity contribution in [2.45, 2.75) is 6.92 Å². The molecule has 2 aliphatic rings. The Kier molecular flexibility index (Phi) is 5.06. The maximum atomic E-state index is 12.6. The van der Waals surface area contributed by atoms with Crippen LogP contribution in [0.3, 0.4) is 0 Å². The van der Waals surface area contributed by atoms with E-state index in [1.165, 1.54) is 16.7 Å². The van der Waals surface area contributed by atoms with Crippen LogP contribution in [0.1, 0.15) is 6.92 Å². The zero-order valence-electron chi connectivity index (χ0n) is 14.2. The molecule has 0 aromatic carbocycles. The summed E-state index contributed by atoms with van der Waals surface area (Å²) < 4.78 is 0.498. The molecular formula is C18H18N4OS2. The third-order valence-electron chi connectivity index (χ3n) is 3.80. The largest absolute Gasteiger partial charge is 0.336 e. The van der Waals surface area contributed by atoms with Crippen LogP contribution in [0.15, 0.2) is 71.3 Å². The number of pyridine rings is 1. The Hall–Kier alpha value is -2.38. The molecule has 2 aliphatic heterocycles. The maximum absolute atomic E-state index is 12.6. The van der Waals surface area contributed by atoms with Crippen molar-refractivity contribution in [3.05, 3.63) is 71.3 Å². The minimum absolute atomic E-state index is 0.138. The molecule has 0 atom stereocenters. The van der Waals surface area contributed by atoms with Gasteiger partial charge in [-0.1, -0.05) is 42.2 Å². The van der Waals surface area contributed by atoms with E-state index in [0.29, 0.717) is 15.0 Å². The summed E-state index contributed by atoms with van der Waals surface area (Å²) in [6.07, 6.45) is 11.3. The van der Waals surface area contributed by atoms with Crippen LogP contribution in [0.25, 0.3) is 0 Å². The number of rotatable bonds is 3. The number of allylic oxidation sites excluding steroid dienone is 4. The molecule has 0 saturated carbocycles. The fraction of sp³-hybridized carbons (Fsp3) is 0.167. The Morgan fingerprint density at radius 3 is 2.60 bits per heavy atom. The zero-order chi connectivity index (χ0) is 18.0. The van der Waals surface area contributed by atoms with Crippen LogP contribution in [0.5, 0.6) is 0 Å². The van der Waals surface area contributed by atoms with Gasteiger partial charge in [0, 0.05) is 32.7 Å². The Labute approximate surface area is 157 Å². The normalized spacial score (nSPS) is 19.2. The topological polar surface area (TPSA) is 39.7 Å². The van der Waals surface area contributed by atoms with Crippen LogP contribution in [-0.2, 0) is 4.79 Å². The van der Waals surface area contributed by atoms with E-state index in [4.69, 9.17) is 12.2 Å². The second kappa shape index (κ2) is 7.25. The fourth-order valence-corrected chi connectivity index (χ4v) is 3.89. The summed E-state index contributed by atoms with van der Waals surface area (Å²) in [5.74, 6) is 1.52. The first-order valence-electron chi connectivity index (χ1n) is 7.69. The number of nitrogens with zero attached hydrogens (tertiary/aromatic N) is 4. The van der Waals surface area contributed by atoms with Crippen LogP contribution < -0.4 is 4.90 Å². The molecule has 0 bridgehead atoms. The molecule has 1 amide bonds. The standard InChI is InChI=1S/C18H18N4OS2/c1-13(16-20(2)11-12-21(16)3)7-6-8-14-17(23)22(18(24)25-14)15-9-4-5-10-19-15/h4-12H,1-3H3. The number of amides is 1. The zero-order valence-corrected chi connectivity index (χ0v) is 15.8. The second-order valence-electron chi connectivity index (χ2n) is 5.61. The quantitative estimate of drug-likeness (QED) is 0.599. The highest BCUT2D eigenvalue weighted by Crippen LogP contribution is 2.33. The highest BCUT2D eigenvalue weighted by molar-refractivity contribution is 8.27. The number of hydrogen-bond acceptors (Lipinski definition) is 6. The molecule has 1 aromatic rings. The highest BCUT2D eigenvalue weighted by atomic mass is 32.2. The van der Waals surface area contributed by atoms with Gasteiger partial charge in [0.1, 0.15) is 11.6 Å². The van der Waals surface area contributed by atoms with Crippen molar-refractivity contribution in [3.8, 4) is 0 Å². The van der Waals surface area contributed by atoms with E-state index in [1.54, 1.807) is 18.3 Å². The van der Waals surface area contributed by atoms with E-state index < -0.39 is 0 Å². The molecule has 128 valence electrons. The Balaban J connectivity index is 1.78. The average Bonchev–Trinajstić information content (AvgIpc) is 3.07. The van der Waals surface area contributed by atoms with Gasteiger partial charge in [-0.3, -0.25) is 4.79 Å². The van der Waals surface area contributed by atoms with E-state index in [1.807, 2.05) is 57.7 Å². The first-order valence-corrected chi connectivity index (χ1v) is 8.92. The van der Waals surface area contributed by atoms with E-state index in [0.717, 1.165) is 11.4 Å². The van der Waals surface area contributed by atoms with Gasteiger partial charge in [-0.05, 0) is 30.7 Å². The lowest BCUT2D eigenvalue weighted by atomic mass is 10.2. The monoisotopic (exact) mass is 370 g/mol. The molecule has 3 heterocycles. The highest BCUT2D eigenvalue weighted by Gasteiger charge is 2.33. The van der Waals surface area contributed by atoms with Gasteiger partial charge in [0.05, 0.1) is 4.91 Å². The van der Waals surface area contributed by atoms with Gasteiger partial charge in [-0.25, -0.2) is 9.88 Å². The van der Waals surface area contributed by atoms with Crippen molar-refractivity contribution >= 4 is 40.0 Å². The molecule has 3 rings (SSSR count). The number of thioether (sulfide) groups is 1. The predicted molar refractivity (Wildman–Crippen MR) is 107 cm³/mol. The molecule has 7 heteroatoms. The van der Waals surface area contributed by atoms with Gasteiger partial charge in [0.25, 0.3) is 5.91 Å². The summed E-state index contributed by atoms with van der Waals surface area (Å²) >= 11 is 6.62. The van der Waals surface area contributed by atoms with E-state index >= 15 is 0 Å². The first kappa shape index (κ1) is 17.4. The molecular weight excluding hydrogens is 352 g/mol. The second-order valence-corrected chi connectivity index (χ2v) is 7.29. The molecule has 0 unspecified atom stereocenters. The first-order chi connectivity index (χ1) is 12.0. The van der Waals surface area contributed by atoms with Gasteiger partial charge < -0.3 is 9.80 Å². The van der Waals surface area contributed by atoms with Crippen molar-refractivity contribution in [2.24, 2.45) is 0 Å². The molecule has 25 heavy (non-hydrogen) atoms. The lowest BCUT2D eigenvalue weighted by Gasteiger charge is -2.19. The Morgan fingerprint density at radius 1 is 1.24 bits per heavy atom. The molecule has 1 saturated heterocycles. The maximum Gasteiger partial charge on any atom is 0.271 e. The van der Waals surface area contributed by atoms with Crippen molar-refractivity contribution in [1.82, 2.24) is 14.8 Å². The molecule has 1 fully saturated rings. The van der Waals surface area contributed by atoms with Crippen LogP contribution in [0, 0.1) is 0 Å². The predicted octanol–water partition coefficient (Wildman–Crippen LogP) is 3.47. The summed E-state index contributed by atoms with van der Waals surface area (Å²) in [5.41, 5.74) is 1.10. The Bertz CT molecular complexity index is 813. The van der Waals surface area contributed by atoms with Crippen molar-refractivity contribution in [2.75, 3.05) is 19.0 Å². The SMILES string of the molecule is CC(C=CC=C1SC(=S)N(c2ccccn2)C1=O)=C1N(C)C=CN1C. The van der Waals surface area contributed by atoms with Crippen molar-refractivity contribution in [1.29, 1.82) is 0 Å². The molecule has 5 nitrogen and oxygen atoms in total. The van der Waals surface area contributed by atoms with E-state index in [-0.39, 0.29) is 5.91 Å². The van der Waals surface area contributed by atoms with Crippen molar-refractivity contribution < 1.29 is 4.79 Å². The van der Waals surface area contributed by atoms with Crippen LogP contribution >= 0.6 is 24.0 Å². The minimum Gasteiger partial charge on any atom is -0.336 e. The van der Waals surface area contributed by atoms with Crippen LogP contribution in [-0.4, -0.2) is 39.1 Å². The smallest absolute Gasteiger partial charge is 0.271 e. The number of aromatic nitrogens is 1. The third kappa shape index (κ3) is 3.52. The molecule has 0 aliphatic carbocycles. The van der Waals surface area contributed by atoms with Gasteiger partial charge in [-0.15, -0.1) is 0 Å². The lowest BCUT2D eigenvalue weighted by Crippen LogP contribution is -2.28.